The second-order valence-electron chi connectivity index (χ2n) is 7.48. The number of aromatic nitrogens is 4. The van der Waals surface area contributed by atoms with Gasteiger partial charge in [-0.1, -0.05) is 62.6 Å². The predicted octanol–water partition coefficient (Wildman–Crippen LogP) is 4.80. The molecule has 1 aliphatic rings. The van der Waals surface area contributed by atoms with Crippen molar-refractivity contribution in [3.05, 3.63) is 65.5 Å². The van der Waals surface area contributed by atoms with Gasteiger partial charge in [-0.2, -0.15) is 4.68 Å². The highest BCUT2D eigenvalue weighted by Crippen LogP contribution is 2.40. The highest BCUT2D eigenvalue weighted by molar-refractivity contribution is 5.50. The smallest absolute Gasteiger partial charge is 0.181 e. The van der Waals surface area contributed by atoms with Gasteiger partial charge in [0.05, 0.1) is 11.2 Å². The van der Waals surface area contributed by atoms with E-state index in [1.807, 2.05) is 10.7 Å². The zero-order valence-corrected chi connectivity index (χ0v) is 16.2. The lowest BCUT2D eigenvalue weighted by Gasteiger charge is -2.38. The minimum absolute atomic E-state index is 0.240. The molecule has 0 bridgehead atoms. The molecule has 27 heavy (non-hydrogen) atoms. The molecule has 5 nitrogen and oxygen atoms in total. The van der Waals surface area contributed by atoms with Crippen molar-refractivity contribution in [1.82, 2.24) is 20.2 Å². The molecule has 0 atom stereocenters. The zero-order valence-electron chi connectivity index (χ0n) is 16.2. The van der Waals surface area contributed by atoms with Crippen molar-refractivity contribution in [3.8, 4) is 5.69 Å². The van der Waals surface area contributed by atoms with Crippen LogP contribution in [0.5, 0.6) is 0 Å². The third kappa shape index (κ3) is 3.34. The fourth-order valence-electron chi connectivity index (χ4n) is 4.30. The van der Waals surface area contributed by atoms with E-state index in [4.69, 9.17) is 0 Å². The third-order valence-corrected chi connectivity index (χ3v) is 5.68. The molecule has 0 spiro atoms. The molecule has 1 N–H and O–H groups in total. The van der Waals surface area contributed by atoms with Crippen molar-refractivity contribution in [2.45, 2.75) is 57.9 Å². The SMILES string of the molecule is CCc1cccc(C)c1-n1nnnc1C1(Nc2ccccc2)CCCCC1. The maximum Gasteiger partial charge on any atom is 0.181 e. The summed E-state index contributed by atoms with van der Waals surface area (Å²) in [6, 6.07) is 16.8. The van der Waals surface area contributed by atoms with E-state index in [9.17, 15) is 0 Å². The van der Waals surface area contributed by atoms with Gasteiger partial charge < -0.3 is 5.32 Å². The first kappa shape index (κ1) is 17.7. The van der Waals surface area contributed by atoms with Gasteiger partial charge in [-0.3, -0.25) is 0 Å². The first-order chi connectivity index (χ1) is 13.2. The summed E-state index contributed by atoms with van der Waals surface area (Å²) < 4.78 is 1.98. The molecule has 0 radical (unpaired) electrons. The summed E-state index contributed by atoms with van der Waals surface area (Å²) in [5.74, 6) is 0.926. The Morgan fingerprint density at radius 3 is 2.52 bits per heavy atom. The van der Waals surface area contributed by atoms with Gasteiger partial charge in [0, 0.05) is 5.69 Å². The van der Waals surface area contributed by atoms with Crippen molar-refractivity contribution in [2.75, 3.05) is 5.32 Å². The summed E-state index contributed by atoms with van der Waals surface area (Å²) in [6.07, 6.45) is 6.66. The molecule has 0 unspecified atom stereocenters. The number of nitrogens with one attached hydrogen (secondary N) is 1. The molecular weight excluding hydrogens is 334 g/mol. The Hall–Kier alpha value is -2.69. The van der Waals surface area contributed by atoms with Gasteiger partial charge >= 0.3 is 0 Å². The van der Waals surface area contributed by atoms with Crippen molar-refractivity contribution >= 4 is 5.69 Å². The Balaban J connectivity index is 1.83. The zero-order chi connectivity index (χ0) is 18.7. The Morgan fingerprint density at radius 2 is 1.78 bits per heavy atom. The van der Waals surface area contributed by atoms with Crippen LogP contribution in [-0.2, 0) is 12.0 Å². The molecular formula is C22H27N5. The maximum atomic E-state index is 4.54. The van der Waals surface area contributed by atoms with Crippen molar-refractivity contribution in [3.63, 3.8) is 0 Å². The van der Waals surface area contributed by atoms with Crippen molar-refractivity contribution in [2.24, 2.45) is 0 Å². The average molecular weight is 361 g/mol. The molecule has 1 fully saturated rings. The van der Waals surface area contributed by atoms with Crippen molar-refractivity contribution < 1.29 is 0 Å². The molecule has 1 aromatic heterocycles. The number of anilines is 1. The number of aryl methyl sites for hydroxylation is 2. The minimum atomic E-state index is -0.240. The van der Waals surface area contributed by atoms with Gasteiger partial charge in [0.2, 0.25) is 0 Å². The van der Waals surface area contributed by atoms with Crippen LogP contribution in [0.25, 0.3) is 5.69 Å². The number of hydrogen-bond donors (Lipinski definition) is 1. The van der Waals surface area contributed by atoms with Gasteiger partial charge in [0.25, 0.3) is 0 Å². The standard InChI is InChI=1S/C22H27N5/c1-3-18-12-10-11-17(2)20(18)27-21(24-25-26-27)22(15-8-5-9-16-22)23-19-13-6-4-7-14-19/h4,6-7,10-14,23H,3,5,8-9,15-16H2,1-2H3. The third-order valence-electron chi connectivity index (χ3n) is 5.68. The molecule has 0 aliphatic heterocycles. The normalized spacial score (nSPS) is 16.2. The first-order valence-electron chi connectivity index (χ1n) is 9.94. The van der Waals surface area contributed by atoms with Crippen LogP contribution in [0.4, 0.5) is 5.69 Å². The summed E-state index contributed by atoms with van der Waals surface area (Å²) in [4.78, 5) is 0. The lowest BCUT2D eigenvalue weighted by atomic mass is 9.80. The van der Waals surface area contributed by atoms with E-state index < -0.39 is 0 Å². The van der Waals surface area contributed by atoms with E-state index in [-0.39, 0.29) is 5.54 Å². The number of hydrogen-bond acceptors (Lipinski definition) is 4. The predicted molar refractivity (Wildman–Crippen MR) is 108 cm³/mol. The number of para-hydroxylation sites is 2. The van der Waals surface area contributed by atoms with Gasteiger partial charge in [-0.05, 0) is 59.9 Å². The van der Waals surface area contributed by atoms with E-state index in [1.54, 1.807) is 0 Å². The molecule has 0 saturated heterocycles. The maximum absolute atomic E-state index is 4.54. The number of nitrogens with zero attached hydrogens (tertiary/aromatic N) is 4. The fraction of sp³-hybridized carbons (Fsp3) is 0.409. The highest BCUT2D eigenvalue weighted by atomic mass is 15.6. The molecule has 1 saturated carbocycles. The second-order valence-corrected chi connectivity index (χ2v) is 7.48. The lowest BCUT2D eigenvalue weighted by Crippen LogP contribution is -2.40. The Morgan fingerprint density at radius 1 is 1.00 bits per heavy atom. The largest absolute Gasteiger partial charge is 0.373 e. The first-order valence-corrected chi connectivity index (χ1v) is 9.94. The van der Waals surface area contributed by atoms with E-state index in [0.29, 0.717) is 0 Å². The van der Waals surface area contributed by atoms with E-state index in [0.717, 1.165) is 36.5 Å². The number of benzene rings is 2. The molecule has 3 aromatic rings. The lowest BCUT2D eigenvalue weighted by molar-refractivity contribution is 0.309. The van der Waals surface area contributed by atoms with E-state index >= 15 is 0 Å². The second kappa shape index (κ2) is 7.51. The topological polar surface area (TPSA) is 55.6 Å². The molecule has 140 valence electrons. The van der Waals surface area contributed by atoms with Crippen LogP contribution >= 0.6 is 0 Å². The average Bonchev–Trinajstić information content (AvgIpc) is 3.19. The van der Waals surface area contributed by atoms with Crippen molar-refractivity contribution in [1.29, 1.82) is 0 Å². The highest BCUT2D eigenvalue weighted by Gasteiger charge is 2.39. The minimum Gasteiger partial charge on any atom is -0.373 e. The van der Waals surface area contributed by atoms with E-state index in [2.05, 4.69) is 77.2 Å². The van der Waals surface area contributed by atoms with E-state index in [1.165, 1.54) is 30.4 Å². The Bertz CT molecular complexity index is 894. The van der Waals surface area contributed by atoms with Crippen LogP contribution < -0.4 is 5.32 Å². The molecule has 0 amide bonds. The molecule has 1 aliphatic carbocycles. The van der Waals surface area contributed by atoms with Crippen LogP contribution in [-0.4, -0.2) is 20.2 Å². The van der Waals surface area contributed by atoms with Crippen LogP contribution in [0.3, 0.4) is 0 Å². The monoisotopic (exact) mass is 361 g/mol. The van der Waals surface area contributed by atoms with Crippen LogP contribution in [0.15, 0.2) is 48.5 Å². The van der Waals surface area contributed by atoms with Crippen LogP contribution in [0.1, 0.15) is 56.0 Å². The van der Waals surface area contributed by atoms with Gasteiger partial charge in [0.15, 0.2) is 5.82 Å². The quantitative estimate of drug-likeness (QED) is 0.709. The van der Waals surface area contributed by atoms with Gasteiger partial charge in [0.1, 0.15) is 0 Å². The number of tetrazole rings is 1. The summed E-state index contributed by atoms with van der Waals surface area (Å²) >= 11 is 0. The summed E-state index contributed by atoms with van der Waals surface area (Å²) in [7, 11) is 0. The molecule has 4 rings (SSSR count). The molecule has 5 heteroatoms. The molecule has 1 heterocycles. The summed E-state index contributed by atoms with van der Waals surface area (Å²) in [5.41, 5.74) is 4.48. The van der Waals surface area contributed by atoms with Crippen LogP contribution in [0.2, 0.25) is 0 Å². The summed E-state index contributed by atoms with van der Waals surface area (Å²) in [5, 5.41) is 16.9. The fourth-order valence-corrected chi connectivity index (χ4v) is 4.30. The Labute approximate surface area is 160 Å². The number of rotatable bonds is 5. The van der Waals surface area contributed by atoms with Crippen LogP contribution in [0, 0.1) is 6.92 Å². The molecule has 2 aromatic carbocycles. The Kier molecular flexibility index (Phi) is 4.92. The van der Waals surface area contributed by atoms with Gasteiger partial charge in [-0.25, -0.2) is 0 Å². The summed E-state index contributed by atoms with van der Waals surface area (Å²) in [6.45, 7) is 4.32. The van der Waals surface area contributed by atoms with Gasteiger partial charge in [-0.15, -0.1) is 5.10 Å².